The average Bonchev–Trinajstić information content (AvgIpc) is 3.60. The maximum atomic E-state index is 15.1. The second-order valence-corrected chi connectivity index (χ2v) is 11.7. The molecule has 1 atom stereocenters. The van der Waals surface area contributed by atoms with Crippen molar-refractivity contribution in [1.82, 2.24) is 30.7 Å². The van der Waals surface area contributed by atoms with Gasteiger partial charge in [-0.25, -0.2) is 28.0 Å². The molecule has 1 aromatic heterocycles. The minimum Gasteiger partial charge on any atom is -0.448 e. The lowest BCUT2D eigenvalue weighted by molar-refractivity contribution is -0.127. The van der Waals surface area contributed by atoms with E-state index in [2.05, 4.69) is 26.0 Å². The molecule has 1 heterocycles. The lowest BCUT2D eigenvalue weighted by atomic mass is 9.98. The van der Waals surface area contributed by atoms with Gasteiger partial charge in [-0.15, -0.1) is 0 Å². The van der Waals surface area contributed by atoms with Crippen LogP contribution < -0.4 is 16.0 Å². The number of benzene rings is 1. The number of nitrogens with zero attached hydrogens (tertiary/aromatic N) is 3. The Morgan fingerprint density at radius 2 is 1.76 bits per heavy atom. The maximum absolute atomic E-state index is 15.1. The first-order chi connectivity index (χ1) is 19.2. The standard InChI is InChI=1S/C28H40F2N6O5/c1-26(2,3)41-25(39)35-27(4,5)23(37)34-21(13-14-28(29,30)20-9-7-6-8-10-20)22-32-18-33-36(22)15-16-40-24(38)31-17-19-11-12-19/h6-10,18-19,21H,11-17H2,1-5H3,(H,31,38)(H,34,37)(H,35,39). The van der Waals surface area contributed by atoms with Gasteiger partial charge in [0.25, 0.3) is 5.92 Å². The molecule has 0 aliphatic heterocycles. The fraction of sp³-hybridized carbons (Fsp3) is 0.607. The molecule has 3 amide bonds. The van der Waals surface area contributed by atoms with Gasteiger partial charge in [-0.1, -0.05) is 30.3 Å². The second kappa shape index (κ2) is 13.3. The molecular weight excluding hydrogens is 538 g/mol. The number of ether oxygens (including phenoxy) is 2. The zero-order valence-electron chi connectivity index (χ0n) is 24.2. The number of hydrogen-bond acceptors (Lipinski definition) is 7. The minimum atomic E-state index is -3.18. The van der Waals surface area contributed by atoms with Gasteiger partial charge in [-0.2, -0.15) is 5.10 Å². The molecule has 1 saturated carbocycles. The third-order valence-corrected chi connectivity index (χ3v) is 6.35. The molecule has 41 heavy (non-hydrogen) atoms. The Morgan fingerprint density at radius 1 is 1.07 bits per heavy atom. The summed E-state index contributed by atoms with van der Waals surface area (Å²) in [5.74, 6) is -3.11. The summed E-state index contributed by atoms with van der Waals surface area (Å²) in [5, 5.41) is 12.1. The summed E-state index contributed by atoms with van der Waals surface area (Å²) >= 11 is 0. The summed E-state index contributed by atoms with van der Waals surface area (Å²) in [5.41, 5.74) is -2.38. The van der Waals surface area contributed by atoms with Crippen LogP contribution in [0.3, 0.4) is 0 Å². The van der Waals surface area contributed by atoms with Crippen LogP contribution in [-0.4, -0.2) is 57.1 Å². The van der Waals surface area contributed by atoms with Crippen molar-refractivity contribution < 1.29 is 32.6 Å². The number of hydrogen-bond donors (Lipinski definition) is 3. The Balaban J connectivity index is 1.72. The van der Waals surface area contributed by atoms with E-state index >= 15 is 8.78 Å². The van der Waals surface area contributed by atoms with Crippen LogP contribution in [0, 0.1) is 5.92 Å². The molecule has 1 aromatic carbocycles. The molecule has 13 heteroatoms. The molecule has 2 aromatic rings. The van der Waals surface area contributed by atoms with E-state index in [1.807, 2.05) is 0 Å². The van der Waals surface area contributed by atoms with Crippen LogP contribution in [-0.2, 0) is 26.7 Å². The molecule has 3 rings (SSSR count). The molecule has 1 fully saturated rings. The quantitative estimate of drug-likeness (QED) is 0.320. The number of carbonyl (C=O) groups excluding carboxylic acids is 3. The highest BCUT2D eigenvalue weighted by atomic mass is 19.3. The smallest absolute Gasteiger partial charge is 0.408 e. The van der Waals surface area contributed by atoms with Crippen molar-refractivity contribution in [2.45, 2.75) is 90.0 Å². The van der Waals surface area contributed by atoms with Gasteiger partial charge in [0.2, 0.25) is 5.91 Å². The number of rotatable bonds is 13. The van der Waals surface area contributed by atoms with E-state index in [0.29, 0.717) is 12.5 Å². The highest BCUT2D eigenvalue weighted by Crippen LogP contribution is 2.35. The second-order valence-electron chi connectivity index (χ2n) is 11.7. The van der Waals surface area contributed by atoms with E-state index < -0.39 is 47.6 Å². The fourth-order valence-corrected chi connectivity index (χ4v) is 3.91. The van der Waals surface area contributed by atoms with Crippen LogP contribution in [0.4, 0.5) is 18.4 Å². The van der Waals surface area contributed by atoms with Gasteiger partial charge in [-0.3, -0.25) is 4.79 Å². The summed E-state index contributed by atoms with van der Waals surface area (Å²) in [6.45, 7) is 8.62. The van der Waals surface area contributed by atoms with E-state index in [9.17, 15) is 14.4 Å². The summed E-state index contributed by atoms with van der Waals surface area (Å²) in [4.78, 5) is 41.8. The van der Waals surface area contributed by atoms with Crippen LogP contribution >= 0.6 is 0 Å². The Hall–Kier alpha value is -3.77. The van der Waals surface area contributed by atoms with Gasteiger partial charge in [0.05, 0.1) is 12.6 Å². The van der Waals surface area contributed by atoms with E-state index in [-0.39, 0.29) is 31.0 Å². The summed E-state index contributed by atoms with van der Waals surface area (Å²) in [7, 11) is 0. The number of alkyl halides is 2. The van der Waals surface area contributed by atoms with E-state index in [1.165, 1.54) is 49.1 Å². The van der Waals surface area contributed by atoms with Crippen LogP contribution in [0.15, 0.2) is 36.7 Å². The van der Waals surface area contributed by atoms with Crippen LogP contribution in [0.25, 0.3) is 0 Å². The van der Waals surface area contributed by atoms with Crippen LogP contribution in [0.5, 0.6) is 0 Å². The SMILES string of the molecule is CC(C)(C)OC(=O)NC(C)(C)C(=O)NC(CCC(F)(F)c1ccccc1)c1ncnn1CCOC(=O)NCC1CC1. The number of alkyl carbamates (subject to hydrolysis) is 2. The van der Waals surface area contributed by atoms with Crippen molar-refractivity contribution in [3.05, 3.63) is 48.0 Å². The molecule has 226 valence electrons. The molecule has 0 radical (unpaired) electrons. The van der Waals surface area contributed by atoms with Gasteiger partial charge in [0, 0.05) is 18.5 Å². The van der Waals surface area contributed by atoms with Gasteiger partial charge in [0.1, 0.15) is 29.9 Å². The minimum absolute atomic E-state index is 0.0423. The first-order valence-electron chi connectivity index (χ1n) is 13.7. The normalized spacial score (nSPS) is 14.6. The van der Waals surface area contributed by atoms with Crippen molar-refractivity contribution in [1.29, 1.82) is 0 Å². The zero-order valence-corrected chi connectivity index (χ0v) is 24.2. The number of nitrogens with one attached hydrogen (secondary N) is 3. The van der Waals surface area contributed by atoms with E-state index in [1.54, 1.807) is 26.8 Å². The molecular formula is C28H40F2N6O5. The van der Waals surface area contributed by atoms with Crippen LogP contribution in [0.1, 0.15) is 77.7 Å². The number of aromatic nitrogens is 3. The third kappa shape index (κ3) is 10.3. The van der Waals surface area contributed by atoms with Crippen molar-refractivity contribution in [3.8, 4) is 0 Å². The first-order valence-corrected chi connectivity index (χ1v) is 13.7. The predicted molar refractivity (Wildman–Crippen MR) is 146 cm³/mol. The number of halogens is 2. The van der Waals surface area contributed by atoms with Crippen molar-refractivity contribution in [3.63, 3.8) is 0 Å². The Bertz CT molecular complexity index is 1180. The van der Waals surface area contributed by atoms with E-state index in [0.717, 1.165) is 12.8 Å². The summed E-state index contributed by atoms with van der Waals surface area (Å²) in [6.07, 6.45) is 1.26. The molecule has 3 N–H and O–H groups in total. The Morgan fingerprint density at radius 3 is 2.39 bits per heavy atom. The van der Waals surface area contributed by atoms with Crippen molar-refractivity contribution in [2.75, 3.05) is 13.2 Å². The summed E-state index contributed by atoms with van der Waals surface area (Å²) in [6, 6.07) is 6.41. The molecule has 0 saturated heterocycles. The van der Waals surface area contributed by atoms with Gasteiger partial charge in [-0.05, 0) is 59.8 Å². The summed E-state index contributed by atoms with van der Waals surface area (Å²) < 4.78 is 42.0. The molecule has 1 aliphatic rings. The third-order valence-electron chi connectivity index (χ3n) is 6.35. The average molecular weight is 579 g/mol. The Labute approximate surface area is 238 Å². The predicted octanol–water partition coefficient (Wildman–Crippen LogP) is 4.45. The largest absolute Gasteiger partial charge is 0.448 e. The molecule has 11 nitrogen and oxygen atoms in total. The molecule has 0 bridgehead atoms. The number of carbonyl (C=O) groups is 3. The maximum Gasteiger partial charge on any atom is 0.408 e. The lowest BCUT2D eigenvalue weighted by Crippen LogP contribution is -2.56. The van der Waals surface area contributed by atoms with Gasteiger partial charge < -0.3 is 25.4 Å². The van der Waals surface area contributed by atoms with Crippen molar-refractivity contribution >= 4 is 18.1 Å². The van der Waals surface area contributed by atoms with Crippen LogP contribution in [0.2, 0.25) is 0 Å². The molecule has 1 unspecified atom stereocenters. The fourth-order valence-electron chi connectivity index (χ4n) is 3.91. The molecule has 0 spiro atoms. The van der Waals surface area contributed by atoms with E-state index in [4.69, 9.17) is 9.47 Å². The first kappa shape index (κ1) is 31.8. The Kier molecular flexibility index (Phi) is 10.3. The van der Waals surface area contributed by atoms with Gasteiger partial charge in [0.15, 0.2) is 0 Å². The highest BCUT2D eigenvalue weighted by molar-refractivity contribution is 5.89. The monoisotopic (exact) mass is 578 g/mol. The zero-order chi connectivity index (χ0) is 30.3. The topological polar surface area (TPSA) is 136 Å². The number of amides is 3. The highest BCUT2D eigenvalue weighted by Gasteiger charge is 2.37. The molecule has 1 aliphatic carbocycles. The van der Waals surface area contributed by atoms with Gasteiger partial charge >= 0.3 is 12.2 Å². The lowest BCUT2D eigenvalue weighted by Gasteiger charge is -2.30. The van der Waals surface area contributed by atoms with Crippen molar-refractivity contribution in [2.24, 2.45) is 5.92 Å².